The first-order valence-corrected chi connectivity index (χ1v) is 6.39. The van der Waals surface area contributed by atoms with Gasteiger partial charge in [-0.3, -0.25) is 4.55 Å². The van der Waals surface area contributed by atoms with Gasteiger partial charge < -0.3 is 16.9 Å². The van der Waals surface area contributed by atoms with Crippen LogP contribution in [0.15, 0.2) is 24.3 Å². The van der Waals surface area contributed by atoms with Gasteiger partial charge in [-0.2, -0.15) is 0 Å². The minimum Gasteiger partial charge on any atom is -0.330 e. The zero-order valence-electron chi connectivity index (χ0n) is 9.43. The summed E-state index contributed by atoms with van der Waals surface area (Å²) in [4.78, 5) is 2.19. The van der Waals surface area contributed by atoms with Crippen molar-refractivity contribution in [1.29, 1.82) is 0 Å². The van der Waals surface area contributed by atoms with E-state index < -0.39 is 11.3 Å². The summed E-state index contributed by atoms with van der Waals surface area (Å²) in [5, 5.41) is 0. The lowest BCUT2D eigenvalue weighted by atomic mass is 10.0. The highest BCUT2D eigenvalue weighted by atomic mass is 32.2. The molecule has 1 rings (SSSR count). The molecular formula is C10H18N4O2S. The van der Waals surface area contributed by atoms with Crippen LogP contribution < -0.4 is 21.7 Å². The van der Waals surface area contributed by atoms with Crippen LogP contribution in [0.5, 0.6) is 0 Å². The zero-order chi connectivity index (χ0) is 12.7. The molecule has 0 aliphatic carbocycles. The van der Waals surface area contributed by atoms with Crippen molar-refractivity contribution in [2.24, 2.45) is 11.5 Å². The van der Waals surface area contributed by atoms with E-state index in [1.54, 1.807) is 6.07 Å². The summed E-state index contributed by atoms with van der Waals surface area (Å²) in [6, 6.07) is 7.51. The number of hydrogen-bond donors (Lipinski definition) is 5. The summed E-state index contributed by atoms with van der Waals surface area (Å²) in [6.45, 7) is 0.574. The summed E-state index contributed by atoms with van der Waals surface area (Å²) in [6.07, 6.45) is 1.51. The molecule has 2 atom stereocenters. The molecule has 0 bridgehead atoms. The molecule has 0 amide bonds. The fraction of sp³-hybridized carbons (Fsp3) is 0.400. The standard InChI is InChI=1S/C10H18N4O2S/c11-5-4-9(12)6-8-2-1-3-10(7-8)13-14-17(15)16/h1-3,7,9,13-14H,4-6,11-12H2,(H,15,16). The van der Waals surface area contributed by atoms with Gasteiger partial charge in [-0.15, -0.1) is 4.83 Å². The van der Waals surface area contributed by atoms with Crippen molar-refractivity contribution in [3.8, 4) is 0 Å². The number of rotatable bonds is 7. The lowest BCUT2D eigenvalue weighted by molar-refractivity contribution is 0.555. The van der Waals surface area contributed by atoms with Crippen LogP contribution in [-0.4, -0.2) is 21.3 Å². The molecule has 0 spiro atoms. The number of hydrazine groups is 1. The second kappa shape index (κ2) is 7.36. The van der Waals surface area contributed by atoms with Crippen LogP contribution in [0, 0.1) is 0 Å². The van der Waals surface area contributed by atoms with Crippen LogP contribution >= 0.6 is 0 Å². The second-order valence-corrected chi connectivity index (χ2v) is 4.42. The van der Waals surface area contributed by atoms with E-state index >= 15 is 0 Å². The van der Waals surface area contributed by atoms with Gasteiger partial charge in [-0.05, 0) is 37.1 Å². The number of benzene rings is 1. The molecule has 0 saturated carbocycles. The predicted molar refractivity (Wildman–Crippen MR) is 69.3 cm³/mol. The van der Waals surface area contributed by atoms with E-state index in [4.69, 9.17) is 16.0 Å². The normalized spacial score (nSPS) is 14.3. The van der Waals surface area contributed by atoms with Crippen molar-refractivity contribution in [2.75, 3.05) is 12.0 Å². The smallest absolute Gasteiger partial charge is 0.250 e. The molecule has 7 N–H and O–H groups in total. The van der Waals surface area contributed by atoms with Gasteiger partial charge in [0.25, 0.3) is 0 Å². The number of nitrogens with two attached hydrogens (primary N) is 2. The Morgan fingerprint density at radius 2 is 2.24 bits per heavy atom. The molecule has 2 unspecified atom stereocenters. The Hall–Kier alpha value is -0.990. The Morgan fingerprint density at radius 1 is 1.47 bits per heavy atom. The van der Waals surface area contributed by atoms with Gasteiger partial charge in [0.1, 0.15) is 0 Å². The Bertz CT molecular complexity index is 375. The number of hydrogen-bond acceptors (Lipinski definition) is 4. The fourth-order valence-electron chi connectivity index (χ4n) is 1.50. The molecule has 0 fully saturated rings. The molecule has 1 aromatic rings. The summed E-state index contributed by atoms with van der Waals surface area (Å²) < 4.78 is 19.0. The van der Waals surface area contributed by atoms with Gasteiger partial charge in [-0.25, -0.2) is 4.21 Å². The van der Waals surface area contributed by atoms with E-state index in [2.05, 4.69) is 10.3 Å². The molecule has 96 valence electrons. The third-order valence-corrected chi connectivity index (χ3v) is 2.52. The minimum absolute atomic E-state index is 0.0372. The zero-order valence-corrected chi connectivity index (χ0v) is 10.2. The molecule has 1 aromatic carbocycles. The first-order valence-electron chi connectivity index (χ1n) is 5.29. The fourth-order valence-corrected chi connectivity index (χ4v) is 1.70. The predicted octanol–water partition coefficient (Wildman–Crippen LogP) is -0.0416. The molecule has 0 radical (unpaired) electrons. The van der Waals surface area contributed by atoms with Gasteiger partial charge in [-0.1, -0.05) is 12.1 Å². The lowest BCUT2D eigenvalue weighted by Crippen LogP contribution is -2.26. The average Bonchev–Trinajstić information content (AvgIpc) is 2.27. The third-order valence-electron chi connectivity index (χ3n) is 2.25. The van der Waals surface area contributed by atoms with Crippen LogP contribution in [0.4, 0.5) is 5.69 Å². The molecule has 0 saturated heterocycles. The van der Waals surface area contributed by atoms with Crippen LogP contribution in [-0.2, 0) is 17.7 Å². The summed E-state index contributed by atoms with van der Waals surface area (Å²) >= 11 is -2.09. The highest BCUT2D eigenvalue weighted by Gasteiger charge is 2.03. The molecule has 7 heteroatoms. The first-order chi connectivity index (χ1) is 8.11. The van der Waals surface area contributed by atoms with Crippen LogP contribution in [0.3, 0.4) is 0 Å². The molecule has 0 aromatic heterocycles. The maximum atomic E-state index is 10.4. The number of anilines is 1. The van der Waals surface area contributed by atoms with Gasteiger partial charge in [0, 0.05) is 6.04 Å². The minimum atomic E-state index is -2.09. The van der Waals surface area contributed by atoms with Gasteiger partial charge in [0.2, 0.25) is 11.3 Å². The first kappa shape index (κ1) is 14.1. The van der Waals surface area contributed by atoms with E-state index in [1.807, 2.05) is 18.2 Å². The maximum absolute atomic E-state index is 10.4. The topological polar surface area (TPSA) is 113 Å². The maximum Gasteiger partial charge on any atom is 0.250 e. The van der Waals surface area contributed by atoms with E-state index in [0.717, 1.165) is 18.4 Å². The van der Waals surface area contributed by atoms with Gasteiger partial charge >= 0.3 is 0 Å². The lowest BCUT2D eigenvalue weighted by Gasteiger charge is -2.11. The van der Waals surface area contributed by atoms with Crippen molar-refractivity contribution < 1.29 is 8.76 Å². The molecule has 17 heavy (non-hydrogen) atoms. The average molecular weight is 258 g/mol. The largest absolute Gasteiger partial charge is 0.330 e. The highest BCUT2D eigenvalue weighted by Crippen LogP contribution is 2.11. The SMILES string of the molecule is NCCC(N)Cc1cccc(NNS(=O)O)c1. The second-order valence-electron chi connectivity index (χ2n) is 3.72. The Morgan fingerprint density at radius 3 is 2.88 bits per heavy atom. The summed E-state index contributed by atoms with van der Waals surface area (Å²) in [5.74, 6) is 0. The van der Waals surface area contributed by atoms with Crippen molar-refractivity contribution in [3.63, 3.8) is 0 Å². The van der Waals surface area contributed by atoms with Crippen molar-refractivity contribution in [1.82, 2.24) is 4.83 Å². The third kappa shape index (κ3) is 5.76. The quantitative estimate of drug-likeness (QED) is 0.348. The van der Waals surface area contributed by atoms with Gasteiger partial charge in [0.15, 0.2) is 0 Å². The van der Waals surface area contributed by atoms with Crippen LogP contribution in [0.2, 0.25) is 0 Å². The van der Waals surface area contributed by atoms with Crippen molar-refractivity contribution in [3.05, 3.63) is 29.8 Å². The van der Waals surface area contributed by atoms with E-state index in [0.29, 0.717) is 12.2 Å². The van der Waals surface area contributed by atoms with Gasteiger partial charge in [0.05, 0.1) is 5.69 Å². The van der Waals surface area contributed by atoms with E-state index in [1.165, 1.54) is 0 Å². The summed E-state index contributed by atoms with van der Waals surface area (Å²) in [7, 11) is 0. The van der Waals surface area contributed by atoms with Crippen molar-refractivity contribution >= 4 is 17.0 Å². The Balaban J connectivity index is 2.56. The van der Waals surface area contributed by atoms with Crippen LogP contribution in [0.1, 0.15) is 12.0 Å². The monoisotopic (exact) mass is 258 g/mol. The van der Waals surface area contributed by atoms with Crippen LogP contribution in [0.25, 0.3) is 0 Å². The Kier molecular flexibility index (Phi) is 6.09. The molecule has 0 aliphatic heterocycles. The molecule has 0 heterocycles. The van der Waals surface area contributed by atoms with E-state index in [9.17, 15) is 4.21 Å². The molecular weight excluding hydrogens is 240 g/mol. The Labute approximate surface area is 103 Å². The summed E-state index contributed by atoms with van der Waals surface area (Å²) in [5.41, 5.74) is 15.7. The number of nitrogens with one attached hydrogen (secondary N) is 2. The van der Waals surface area contributed by atoms with E-state index in [-0.39, 0.29) is 6.04 Å². The molecule has 0 aliphatic rings. The molecule has 6 nitrogen and oxygen atoms in total. The highest BCUT2D eigenvalue weighted by molar-refractivity contribution is 7.77. The van der Waals surface area contributed by atoms with Crippen molar-refractivity contribution in [2.45, 2.75) is 18.9 Å².